The first-order valence-corrected chi connectivity index (χ1v) is 3.73. The van der Waals surface area contributed by atoms with E-state index in [0.29, 0.717) is 13.1 Å². The highest BCUT2D eigenvalue weighted by Gasteiger charge is 2.31. The van der Waals surface area contributed by atoms with E-state index in [1.165, 1.54) is 6.92 Å². The fraction of sp³-hybridized carbons (Fsp3) is 0.857. The summed E-state index contributed by atoms with van der Waals surface area (Å²) in [6.45, 7) is 2.75. The Morgan fingerprint density at radius 2 is 2.27 bits per heavy atom. The third-order valence-electron chi connectivity index (χ3n) is 1.88. The highest BCUT2D eigenvalue weighted by atomic mass is 16.3. The maximum atomic E-state index is 11.0. The summed E-state index contributed by atoms with van der Waals surface area (Å²) in [7, 11) is 0. The summed E-state index contributed by atoms with van der Waals surface area (Å²) in [5.74, 6) is -0.0209. The van der Waals surface area contributed by atoms with Crippen LogP contribution in [0, 0.1) is 5.92 Å². The zero-order valence-corrected chi connectivity index (χ0v) is 6.53. The van der Waals surface area contributed by atoms with E-state index in [9.17, 15) is 4.79 Å². The van der Waals surface area contributed by atoms with Gasteiger partial charge in [0.15, 0.2) is 0 Å². The lowest BCUT2D eigenvalue weighted by Gasteiger charge is -2.38. The van der Waals surface area contributed by atoms with Crippen molar-refractivity contribution in [2.75, 3.05) is 19.7 Å². The third-order valence-corrected chi connectivity index (χ3v) is 1.88. The van der Waals surface area contributed by atoms with E-state index in [1.54, 1.807) is 4.90 Å². The molecule has 4 nitrogen and oxygen atoms in total. The van der Waals surface area contributed by atoms with Crippen LogP contribution in [0.25, 0.3) is 0 Å². The highest BCUT2D eigenvalue weighted by molar-refractivity contribution is 5.80. The molecule has 1 fully saturated rings. The Kier molecular flexibility index (Phi) is 2.46. The Morgan fingerprint density at radius 3 is 2.64 bits per heavy atom. The largest absolute Gasteiger partial charge is 0.396 e. The van der Waals surface area contributed by atoms with E-state index in [2.05, 4.69) is 0 Å². The van der Waals surface area contributed by atoms with Gasteiger partial charge in [-0.2, -0.15) is 0 Å². The molecule has 1 rings (SSSR count). The molecule has 1 atom stereocenters. The van der Waals surface area contributed by atoms with Gasteiger partial charge in [0.2, 0.25) is 0 Å². The second-order valence-electron chi connectivity index (χ2n) is 2.97. The Labute approximate surface area is 65.4 Å². The average Bonchev–Trinajstić information content (AvgIpc) is 1.85. The van der Waals surface area contributed by atoms with Crippen molar-refractivity contribution in [2.24, 2.45) is 5.92 Å². The van der Waals surface area contributed by atoms with Gasteiger partial charge in [-0.15, -0.1) is 0 Å². The number of carbonyl (C=O) groups is 1. The van der Waals surface area contributed by atoms with Crippen molar-refractivity contribution in [1.29, 1.82) is 0 Å². The van der Waals surface area contributed by atoms with Crippen LogP contribution in [0.15, 0.2) is 0 Å². The van der Waals surface area contributed by atoms with Crippen LogP contribution in [0.2, 0.25) is 0 Å². The Bertz CT molecular complexity index is 152. The molecule has 0 aromatic heterocycles. The van der Waals surface area contributed by atoms with Gasteiger partial charge in [-0.3, -0.25) is 4.79 Å². The van der Waals surface area contributed by atoms with E-state index in [4.69, 9.17) is 10.2 Å². The first kappa shape index (κ1) is 8.49. The molecule has 0 bridgehead atoms. The van der Waals surface area contributed by atoms with Crippen LogP contribution >= 0.6 is 0 Å². The van der Waals surface area contributed by atoms with Crippen LogP contribution in [0.5, 0.6) is 0 Å². The molecule has 1 aliphatic heterocycles. The molecule has 0 saturated carbocycles. The maximum Gasteiger partial charge on any atom is 0.251 e. The lowest BCUT2D eigenvalue weighted by atomic mass is 10.0. The number of nitrogens with zero attached hydrogens (tertiary/aromatic N) is 1. The minimum Gasteiger partial charge on any atom is -0.396 e. The molecule has 0 aromatic carbocycles. The molecule has 1 aliphatic rings. The maximum absolute atomic E-state index is 11.0. The monoisotopic (exact) mass is 159 g/mol. The Balaban J connectivity index is 2.27. The highest BCUT2D eigenvalue weighted by Crippen LogP contribution is 2.15. The topological polar surface area (TPSA) is 60.8 Å². The van der Waals surface area contributed by atoms with Gasteiger partial charge in [0.05, 0.1) is 0 Å². The first-order chi connectivity index (χ1) is 5.15. The summed E-state index contributed by atoms with van der Waals surface area (Å²) >= 11 is 0. The fourth-order valence-corrected chi connectivity index (χ4v) is 1.13. The number of rotatable bonds is 2. The first-order valence-electron chi connectivity index (χ1n) is 3.73. The Morgan fingerprint density at radius 1 is 1.73 bits per heavy atom. The van der Waals surface area contributed by atoms with Crippen molar-refractivity contribution in [3.8, 4) is 0 Å². The van der Waals surface area contributed by atoms with Gasteiger partial charge < -0.3 is 15.1 Å². The van der Waals surface area contributed by atoms with Crippen molar-refractivity contribution in [2.45, 2.75) is 13.0 Å². The number of amides is 1. The quantitative estimate of drug-likeness (QED) is 0.533. The predicted molar refractivity (Wildman–Crippen MR) is 38.8 cm³/mol. The number of hydrogen-bond donors (Lipinski definition) is 2. The molecular weight excluding hydrogens is 146 g/mol. The molecule has 0 aromatic rings. The van der Waals surface area contributed by atoms with Crippen LogP contribution < -0.4 is 0 Å². The molecule has 0 aliphatic carbocycles. The summed E-state index contributed by atoms with van der Waals surface area (Å²) in [5, 5.41) is 17.5. The van der Waals surface area contributed by atoms with Crippen LogP contribution in [-0.2, 0) is 4.79 Å². The second-order valence-corrected chi connectivity index (χ2v) is 2.97. The number of hydrogen-bond acceptors (Lipinski definition) is 3. The molecule has 2 N–H and O–H groups in total. The summed E-state index contributed by atoms with van der Waals surface area (Å²) in [5.41, 5.74) is 0. The average molecular weight is 159 g/mol. The molecule has 0 unspecified atom stereocenters. The molecular formula is C7H13NO3. The minimum absolute atomic E-state index is 0.129. The zero-order chi connectivity index (χ0) is 8.43. The van der Waals surface area contributed by atoms with Gasteiger partial charge in [0.25, 0.3) is 5.91 Å². The summed E-state index contributed by atoms with van der Waals surface area (Å²) < 4.78 is 0. The minimum atomic E-state index is -0.908. The molecule has 1 heterocycles. The predicted octanol–water partition coefficient (Wildman–Crippen LogP) is -1.18. The van der Waals surface area contributed by atoms with Crippen LogP contribution in [-0.4, -0.2) is 46.8 Å². The second kappa shape index (κ2) is 3.19. The molecule has 0 spiro atoms. The standard InChI is InChI=1S/C7H13NO3/c1-5(10)7(11)8-2-6(3-8)4-9/h5-6,9-10H,2-4H2,1H3/t5-/m1/s1. The third kappa shape index (κ3) is 1.70. The fourth-order valence-electron chi connectivity index (χ4n) is 1.13. The van der Waals surface area contributed by atoms with Crippen molar-refractivity contribution >= 4 is 5.91 Å². The van der Waals surface area contributed by atoms with Gasteiger partial charge in [-0.1, -0.05) is 0 Å². The van der Waals surface area contributed by atoms with Gasteiger partial charge in [0.1, 0.15) is 6.10 Å². The lowest BCUT2D eigenvalue weighted by Crippen LogP contribution is -2.53. The number of aliphatic hydroxyl groups is 2. The Hall–Kier alpha value is -0.610. The van der Waals surface area contributed by atoms with Gasteiger partial charge in [0, 0.05) is 25.6 Å². The van der Waals surface area contributed by atoms with E-state index in [0.717, 1.165) is 0 Å². The van der Waals surface area contributed by atoms with Gasteiger partial charge >= 0.3 is 0 Å². The molecule has 11 heavy (non-hydrogen) atoms. The van der Waals surface area contributed by atoms with Crippen molar-refractivity contribution in [1.82, 2.24) is 4.90 Å². The zero-order valence-electron chi connectivity index (χ0n) is 6.53. The summed E-state index contributed by atoms with van der Waals surface area (Å²) in [6, 6.07) is 0. The molecule has 64 valence electrons. The number of carbonyl (C=O) groups excluding carboxylic acids is 1. The smallest absolute Gasteiger partial charge is 0.251 e. The molecule has 1 saturated heterocycles. The van der Waals surface area contributed by atoms with Crippen LogP contribution in [0.3, 0.4) is 0 Å². The molecule has 4 heteroatoms. The van der Waals surface area contributed by atoms with Gasteiger partial charge in [-0.25, -0.2) is 0 Å². The molecule has 1 amide bonds. The number of aliphatic hydroxyl groups excluding tert-OH is 2. The van der Waals surface area contributed by atoms with Crippen molar-refractivity contribution in [3.63, 3.8) is 0 Å². The normalized spacial score (nSPS) is 21.2. The van der Waals surface area contributed by atoms with Crippen molar-refractivity contribution in [3.05, 3.63) is 0 Å². The van der Waals surface area contributed by atoms with Crippen LogP contribution in [0.1, 0.15) is 6.92 Å². The lowest BCUT2D eigenvalue weighted by molar-refractivity contribution is -0.146. The van der Waals surface area contributed by atoms with Crippen LogP contribution in [0.4, 0.5) is 0 Å². The van der Waals surface area contributed by atoms with Crippen molar-refractivity contribution < 1.29 is 15.0 Å². The SMILES string of the molecule is C[C@@H](O)C(=O)N1CC(CO)C1. The van der Waals surface area contributed by atoms with E-state index < -0.39 is 6.10 Å². The van der Waals surface area contributed by atoms with E-state index in [-0.39, 0.29) is 18.4 Å². The van der Waals surface area contributed by atoms with E-state index >= 15 is 0 Å². The summed E-state index contributed by atoms with van der Waals surface area (Å²) in [6.07, 6.45) is -0.908. The van der Waals surface area contributed by atoms with E-state index in [1.807, 2.05) is 0 Å². The number of likely N-dealkylation sites (tertiary alicyclic amines) is 1. The summed E-state index contributed by atoms with van der Waals surface area (Å²) in [4.78, 5) is 12.5. The van der Waals surface area contributed by atoms with Gasteiger partial charge in [-0.05, 0) is 6.92 Å². The molecule has 0 radical (unpaired) electrons.